The number of carbonyl (C=O) groups excluding carboxylic acids is 1. The van der Waals surface area contributed by atoms with Gasteiger partial charge in [-0.1, -0.05) is 11.6 Å². The Kier molecular flexibility index (Phi) is 4.48. The molecule has 0 N–H and O–H groups in total. The van der Waals surface area contributed by atoms with E-state index in [0.29, 0.717) is 39.9 Å². The fourth-order valence-electron chi connectivity index (χ4n) is 1.66. The summed E-state index contributed by atoms with van der Waals surface area (Å²) in [5.41, 5.74) is 0.413. The van der Waals surface area contributed by atoms with Crippen molar-refractivity contribution in [2.75, 3.05) is 14.2 Å². The van der Waals surface area contributed by atoms with E-state index in [9.17, 15) is 4.79 Å². The van der Waals surface area contributed by atoms with Crippen molar-refractivity contribution in [2.24, 2.45) is 0 Å². The normalized spacial score (nSPS) is 9.95. The van der Waals surface area contributed by atoms with Crippen LogP contribution in [-0.2, 0) is 0 Å². The van der Waals surface area contributed by atoms with Gasteiger partial charge in [0.1, 0.15) is 23.0 Å². The summed E-state index contributed by atoms with van der Waals surface area (Å²) in [5, 5.41) is 0.487. The van der Waals surface area contributed by atoms with Crippen molar-refractivity contribution in [3.05, 3.63) is 47.0 Å². The first-order valence-electron chi connectivity index (χ1n) is 5.82. The lowest BCUT2D eigenvalue weighted by Crippen LogP contribution is -1.93. The van der Waals surface area contributed by atoms with Crippen LogP contribution in [0.2, 0.25) is 5.02 Å². The number of halogens is 1. The Morgan fingerprint density at radius 1 is 0.950 bits per heavy atom. The van der Waals surface area contributed by atoms with Gasteiger partial charge in [-0.25, -0.2) is 0 Å². The maximum absolute atomic E-state index is 11.0. The van der Waals surface area contributed by atoms with Crippen molar-refractivity contribution in [3.8, 4) is 23.0 Å². The lowest BCUT2D eigenvalue weighted by molar-refractivity contribution is 0.112. The predicted molar refractivity (Wildman–Crippen MR) is 76.5 cm³/mol. The fraction of sp³-hybridized carbons (Fsp3) is 0.133. The molecule has 0 heterocycles. The highest BCUT2D eigenvalue weighted by molar-refractivity contribution is 6.30. The second-order valence-electron chi connectivity index (χ2n) is 3.95. The Morgan fingerprint density at radius 2 is 1.55 bits per heavy atom. The largest absolute Gasteiger partial charge is 0.496 e. The Bertz CT molecular complexity index is 603. The highest BCUT2D eigenvalue weighted by Gasteiger charge is 2.08. The van der Waals surface area contributed by atoms with Crippen LogP contribution in [0.1, 0.15) is 10.4 Å². The van der Waals surface area contributed by atoms with E-state index >= 15 is 0 Å². The van der Waals surface area contributed by atoms with Gasteiger partial charge in [0.25, 0.3) is 0 Å². The Labute approximate surface area is 121 Å². The molecule has 0 radical (unpaired) electrons. The zero-order valence-electron chi connectivity index (χ0n) is 11.1. The highest BCUT2D eigenvalue weighted by Crippen LogP contribution is 2.33. The maximum atomic E-state index is 11.0. The number of benzene rings is 2. The number of carbonyl (C=O) groups is 1. The van der Waals surface area contributed by atoms with Gasteiger partial charge in [0, 0.05) is 29.3 Å². The van der Waals surface area contributed by atoms with Gasteiger partial charge in [-0.3, -0.25) is 4.79 Å². The van der Waals surface area contributed by atoms with Crippen molar-refractivity contribution >= 4 is 17.9 Å². The SMILES string of the molecule is COc1cc(OC)cc(Oc2cc(Cl)ccc2C=O)c1. The molecule has 0 aliphatic carbocycles. The molecule has 0 spiro atoms. The number of hydrogen-bond donors (Lipinski definition) is 0. The molecule has 0 saturated heterocycles. The molecule has 0 aliphatic rings. The quantitative estimate of drug-likeness (QED) is 0.782. The number of methoxy groups -OCH3 is 2. The molecule has 0 aromatic heterocycles. The molecular weight excluding hydrogens is 280 g/mol. The Morgan fingerprint density at radius 3 is 2.10 bits per heavy atom. The van der Waals surface area contributed by atoms with Crippen molar-refractivity contribution in [3.63, 3.8) is 0 Å². The minimum Gasteiger partial charge on any atom is -0.496 e. The van der Waals surface area contributed by atoms with Gasteiger partial charge < -0.3 is 14.2 Å². The number of hydrogen-bond acceptors (Lipinski definition) is 4. The molecule has 0 aliphatic heterocycles. The lowest BCUT2D eigenvalue weighted by Gasteiger charge is -2.11. The first-order valence-corrected chi connectivity index (χ1v) is 6.19. The summed E-state index contributed by atoms with van der Waals surface area (Å²) in [6.07, 6.45) is 0.711. The Balaban J connectivity index is 2.38. The van der Waals surface area contributed by atoms with Gasteiger partial charge in [0.05, 0.1) is 19.8 Å². The van der Waals surface area contributed by atoms with Crippen molar-refractivity contribution < 1.29 is 19.0 Å². The van der Waals surface area contributed by atoms with Crippen LogP contribution in [0, 0.1) is 0 Å². The van der Waals surface area contributed by atoms with E-state index in [1.807, 2.05) is 0 Å². The van der Waals surface area contributed by atoms with Gasteiger partial charge in [0.15, 0.2) is 6.29 Å². The third kappa shape index (κ3) is 3.22. The first-order chi connectivity index (χ1) is 9.66. The molecular formula is C15H13ClO4. The standard InChI is InChI=1S/C15H13ClO4/c1-18-12-6-13(19-2)8-14(7-12)20-15-5-11(16)4-3-10(15)9-17/h3-9H,1-2H3. The van der Waals surface area contributed by atoms with Crippen LogP contribution in [0.5, 0.6) is 23.0 Å². The van der Waals surface area contributed by atoms with Crippen LogP contribution in [0.3, 0.4) is 0 Å². The van der Waals surface area contributed by atoms with E-state index in [0.717, 1.165) is 0 Å². The molecule has 2 aromatic carbocycles. The molecule has 0 fully saturated rings. The average Bonchev–Trinajstić information content (AvgIpc) is 2.47. The summed E-state index contributed by atoms with van der Waals surface area (Å²) in [5.74, 6) is 2.05. The average molecular weight is 293 g/mol. The van der Waals surface area contributed by atoms with Crippen LogP contribution < -0.4 is 14.2 Å². The van der Waals surface area contributed by atoms with Gasteiger partial charge >= 0.3 is 0 Å². The van der Waals surface area contributed by atoms with Crippen molar-refractivity contribution in [1.82, 2.24) is 0 Å². The molecule has 4 nitrogen and oxygen atoms in total. The van der Waals surface area contributed by atoms with E-state index in [4.69, 9.17) is 25.8 Å². The van der Waals surface area contributed by atoms with Gasteiger partial charge in [-0.05, 0) is 12.1 Å². The minimum absolute atomic E-state index is 0.378. The molecule has 0 saturated carbocycles. The molecule has 104 valence electrons. The Hall–Kier alpha value is -2.20. The smallest absolute Gasteiger partial charge is 0.153 e. The lowest BCUT2D eigenvalue weighted by atomic mass is 10.2. The summed E-state index contributed by atoms with van der Waals surface area (Å²) in [7, 11) is 3.10. The summed E-state index contributed by atoms with van der Waals surface area (Å²) in [6.45, 7) is 0. The summed E-state index contributed by atoms with van der Waals surface area (Å²) in [4.78, 5) is 11.0. The zero-order valence-corrected chi connectivity index (χ0v) is 11.8. The first kappa shape index (κ1) is 14.2. The number of aldehydes is 1. The monoisotopic (exact) mass is 292 g/mol. The molecule has 5 heteroatoms. The van der Waals surface area contributed by atoms with Crippen molar-refractivity contribution in [1.29, 1.82) is 0 Å². The van der Waals surface area contributed by atoms with Gasteiger partial charge in [-0.15, -0.1) is 0 Å². The predicted octanol–water partition coefficient (Wildman–Crippen LogP) is 3.96. The number of rotatable bonds is 5. The highest BCUT2D eigenvalue weighted by atomic mass is 35.5. The van der Waals surface area contributed by atoms with E-state index in [1.165, 1.54) is 0 Å². The van der Waals surface area contributed by atoms with E-state index < -0.39 is 0 Å². The topological polar surface area (TPSA) is 44.8 Å². The molecule has 0 amide bonds. The molecule has 20 heavy (non-hydrogen) atoms. The third-order valence-electron chi connectivity index (χ3n) is 2.66. The van der Waals surface area contributed by atoms with Crippen LogP contribution >= 0.6 is 11.6 Å². The molecule has 0 atom stereocenters. The van der Waals surface area contributed by atoms with Crippen LogP contribution in [-0.4, -0.2) is 20.5 Å². The summed E-state index contributed by atoms with van der Waals surface area (Å²) in [6, 6.07) is 9.92. The molecule has 0 unspecified atom stereocenters. The minimum atomic E-state index is 0.378. The van der Waals surface area contributed by atoms with E-state index in [-0.39, 0.29) is 0 Å². The van der Waals surface area contributed by atoms with Gasteiger partial charge in [0.2, 0.25) is 0 Å². The van der Waals surface area contributed by atoms with Gasteiger partial charge in [-0.2, -0.15) is 0 Å². The van der Waals surface area contributed by atoms with E-state index in [1.54, 1.807) is 50.6 Å². The molecule has 2 rings (SSSR count). The summed E-state index contributed by atoms with van der Waals surface area (Å²) < 4.78 is 16.0. The second kappa shape index (κ2) is 6.30. The molecule has 2 aromatic rings. The zero-order chi connectivity index (χ0) is 14.5. The molecule has 0 bridgehead atoms. The maximum Gasteiger partial charge on any atom is 0.153 e. The summed E-state index contributed by atoms with van der Waals surface area (Å²) >= 11 is 5.91. The second-order valence-corrected chi connectivity index (χ2v) is 4.39. The number of ether oxygens (including phenoxy) is 3. The fourth-order valence-corrected chi connectivity index (χ4v) is 1.82. The van der Waals surface area contributed by atoms with Crippen LogP contribution in [0.25, 0.3) is 0 Å². The van der Waals surface area contributed by atoms with Crippen molar-refractivity contribution in [2.45, 2.75) is 0 Å². The van der Waals surface area contributed by atoms with E-state index in [2.05, 4.69) is 0 Å². The third-order valence-corrected chi connectivity index (χ3v) is 2.89. The van der Waals surface area contributed by atoms with Crippen LogP contribution in [0.4, 0.5) is 0 Å². The van der Waals surface area contributed by atoms with Crippen LogP contribution in [0.15, 0.2) is 36.4 Å².